The van der Waals surface area contributed by atoms with E-state index >= 15 is 0 Å². The number of rotatable bonds is 7. The van der Waals surface area contributed by atoms with Gasteiger partial charge in [0.1, 0.15) is 0 Å². The molecule has 0 amide bonds. The summed E-state index contributed by atoms with van der Waals surface area (Å²) in [5, 5.41) is 3.09. The van der Waals surface area contributed by atoms with Crippen LogP contribution in [0.4, 0.5) is 5.69 Å². The fourth-order valence-corrected chi connectivity index (χ4v) is 1.91. The minimum atomic E-state index is 0. The molecule has 0 saturated carbocycles. The van der Waals surface area contributed by atoms with Crippen molar-refractivity contribution in [1.29, 1.82) is 0 Å². The lowest BCUT2D eigenvalue weighted by molar-refractivity contribution is 0.714. The maximum atomic E-state index is 5.76. The van der Waals surface area contributed by atoms with Crippen LogP contribution in [0.3, 0.4) is 0 Å². The molecule has 0 spiro atoms. The van der Waals surface area contributed by atoms with E-state index in [1.54, 1.807) is 0 Å². The maximum absolute atomic E-state index is 5.76. The van der Waals surface area contributed by atoms with Crippen molar-refractivity contribution in [3.8, 4) is 0 Å². The van der Waals surface area contributed by atoms with Gasteiger partial charge in [0.2, 0.25) is 0 Å². The SMILES string of the molecule is CCN(CCCN=C(N)NC(C)C)c1ccccc1.I. The minimum Gasteiger partial charge on any atom is -0.372 e. The molecule has 0 aliphatic carbocycles. The van der Waals surface area contributed by atoms with E-state index in [4.69, 9.17) is 5.73 Å². The molecule has 0 fully saturated rings. The zero-order valence-electron chi connectivity index (χ0n) is 12.7. The van der Waals surface area contributed by atoms with Gasteiger partial charge in [-0.3, -0.25) is 4.99 Å². The zero-order valence-corrected chi connectivity index (χ0v) is 15.0. The van der Waals surface area contributed by atoms with E-state index in [0.717, 1.165) is 26.1 Å². The van der Waals surface area contributed by atoms with E-state index in [2.05, 4.69) is 60.2 Å². The first kappa shape index (κ1) is 19.0. The minimum absolute atomic E-state index is 0. The Balaban J connectivity index is 0.00000361. The van der Waals surface area contributed by atoms with Gasteiger partial charge in [0, 0.05) is 31.4 Å². The predicted molar refractivity (Wildman–Crippen MR) is 99.1 cm³/mol. The Bertz CT molecular complexity index is 379. The number of guanidine groups is 1. The molecule has 3 N–H and O–H groups in total. The molecule has 0 aromatic heterocycles. The summed E-state index contributed by atoms with van der Waals surface area (Å²) in [6.45, 7) is 9.04. The van der Waals surface area contributed by atoms with Crippen LogP contribution >= 0.6 is 24.0 Å². The maximum Gasteiger partial charge on any atom is 0.188 e. The van der Waals surface area contributed by atoms with Crippen LogP contribution in [-0.4, -0.2) is 31.6 Å². The first-order valence-electron chi connectivity index (χ1n) is 7.00. The van der Waals surface area contributed by atoms with Gasteiger partial charge < -0.3 is 16.0 Å². The number of nitrogens with one attached hydrogen (secondary N) is 1. The number of anilines is 1. The van der Waals surface area contributed by atoms with Crippen LogP contribution in [0.1, 0.15) is 27.2 Å². The van der Waals surface area contributed by atoms with Gasteiger partial charge in [0.15, 0.2) is 5.96 Å². The van der Waals surface area contributed by atoms with Crippen molar-refractivity contribution in [2.24, 2.45) is 10.7 Å². The normalized spacial score (nSPS) is 11.1. The summed E-state index contributed by atoms with van der Waals surface area (Å²) in [5.74, 6) is 0.540. The summed E-state index contributed by atoms with van der Waals surface area (Å²) in [6, 6.07) is 10.8. The molecule has 1 aromatic rings. The Morgan fingerprint density at radius 3 is 2.50 bits per heavy atom. The van der Waals surface area contributed by atoms with Crippen LogP contribution in [0, 0.1) is 0 Å². The topological polar surface area (TPSA) is 53.6 Å². The Labute approximate surface area is 139 Å². The van der Waals surface area contributed by atoms with Gasteiger partial charge in [-0.2, -0.15) is 0 Å². The summed E-state index contributed by atoms with van der Waals surface area (Å²) in [5.41, 5.74) is 7.03. The molecule has 1 aromatic carbocycles. The van der Waals surface area contributed by atoms with Crippen LogP contribution in [0.2, 0.25) is 0 Å². The Hall–Kier alpha value is -0.980. The molecule has 5 heteroatoms. The van der Waals surface area contributed by atoms with Crippen molar-refractivity contribution < 1.29 is 0 Å². The molecule has 4 nitrogen and oxygen atoms in total. The van der Waals surface area contributed by atoms with Gasteiger partial charge >= 0.3 is 0 Å². The summed E-state index contributed by atoms with van der Waals surface area (Å²) in [7, 11) is 0. The van der Waals surface area contributed by atoms with Crippen molar-refractivity contribution in [3.63, 3.8) is 0 Å². The van der Waals surface area contributed by atoms with E-state index in [1.807, 2.05) is 6.07 Å². The van der Waals surface area contributed by atoms with Gasteiger partial charge in [0.05, 0.1) is 0 Å². The molecular formula is C15H27IN4. The van der Waals surface area contributed by atoms with Crippen LogP contribution < -0.4 is 16.0 Å². The van der Waals surface area contributed by atoms with Gasteiger partial charge in [-0.25, -0.2) is 0 Å². The van der Waals surface area contributed by atoms with E-state index in [1.165, 1.54) is 5.69 Å². The fraction of sp³-hybridized carbons (Fsp3) is 0.533. The quantitative estimate of drug-likeness (QED) is 0.326. The first-order valence-corrected chi connectivity index (χ1v) is 7.00. The average molecular weight is 390 g/mol. The van der Waals surface area contributed by atoms with Crippen LogP contribution in [-0.2, 0) is 0 Å². The molecule has 0 aliphatic heterocycles. The summed E-state index contributed by atoms with van der Waals surface area (Å²) in [6.07, 6.45) is 1.00. The van der Waals surface area contributed by atoms with Crippen LogP contribution in [0.25, 0.3) is 0 Å². The van der Waals surface area contributed by atoms with Crippen molar-refractivity contribution in [2.45, 2.75) is 33.2 Å². The standard InChI is InChI=1S/C15H26N4.HI/c1-4-19(14-9-6-5-7-10-14)12-8-11-17-15(16)18-13(2)3;/h5-7,9-10,13H,4,8,11-12H2,1-3H3,(H3,16,17,18);1H. The second-order valence-corrected chi connectivity index (χ2v) is 4.83. The molecule has 0 unspecified atom stereocenters. The number of nitrogens with two attached hydrogens (primary N) is 1. The predicted octanol–water partition coefficient (Wildman–Crippen LogP) is 2.83. The number of halogens is 1. The van der Waals surface area contributed by atoms with Crippen LogP contribution in [0.5, 0.6) is 0 Å². The smallest absolute Gasteiger partial charge is 0.188 e. The van der Waals surface area contributed by atoms with Crippen molar-refractivity contribution in [1.82, 2.24) is 5.32 Å². The molecule has 114 valence electrons. The van der Waals surface area contributed by atoms with Gasteiger partial charge in [0.25, 0.3) is 0 Å². The summed E-state index contributed by atoms with van der Waals surface area (Å²) < 4.78 is 0. The lowest BCUT2D eigenvalue weighted by Crippen LogP contribution is -2.37. The molecule has 0 heterocycles. The van der Waals surface area contributed by atoms with E-state index in [0.29, 0.717) is 12.0 Å². The summed E-state index contributed by atoms with van der Waals surface area (Å²) in [4.78, 5) is 6.67. The summed E-state index contributed by atoms with van der Waals surface area (Å²) >= 11 is 0. The van der Waals surface area contributed by atoms with Gasteiger partial charge in [-0.1, -0.05) is 18.2 Å². The number of hydrogen-bond acceptors (Lipinski definition) is 2. The largest absolute Gasteiger partial charge is 0.372 e. The molecule has 0 aliphatic rings. The highest BCUT2D eigenvalue weighted by atomic mass is 127. The molecule has 0 saturated heterocycles. The Morgan fingerprint density at radius 1 is 1.30 bits per heavy atom. The lowest BCUT2D eigenvalue weighted by atomic mass is 10.2. The second kappa shape index (κ2) is 10.8. The first-order chi connectivity index (χ1) is 9.13. The van der Waals surface area contributed by atoms with Crippen molar-refractivity contribution in [2.75, 3.05) is 24.5 Å². The average Bonchev–Trinajstić information content (AvgIpc) is 2.39. The Morgan fingerprint density at radius 2 is 1.95 bits per heavy atom. The fourth-order valence-electron chi connectivity index (χ4n) is 1.91. The number of aliphatic imine (C=N–C) groups is 1. The zero-order chi connectivity index (χ0) is 14.1. The molecular weight excluding hydrogens is 363 g/mol. The third-order valence-corrected chi connectivity index (χ3v) is 2.81. The molecule has 1 rings (SSSR count). The molecule has 20 heavy (non-hydrogen) atoms. The number of benzene rings is 1. The number of nitrogens with zero attached hydrogens (tertiary/aromatic N) is 2. The lowest BCUT2D eigenvalue weighted by Gasteiger charge is -2.22. The number of para-hydroxylation sites is 1. The highest BCUT2D eigenvalue weighted by Crippen LogP contribution is 2.12. The van der Waals surface area contributed by atoms with Gasteiger partial charge in [-0.05, 0) is 39.3 Å². The highest BCUT2D eigenvalue weighted by Gasteiger charge is 2.02. The molecule has 0 atom stereocenters. The third-order valence-electron chi connectivity index (χ3n) is 2.81. The molecule has 0 radical (unpaired) electrons. The van der Waals surface area contributed by atoms with Crippen molar-refractivity contribution >= 4 is 35.6 Å². The Kier molecular flexibility index (Phi) is 10.2. The highest BCUT2D eigenvalue weighted by molar-refractivity contribution is 14.0. The van der Waals surface area contributed by atoms with E-state index < -0.39 is 0 Å². The second-order valence-electron chi connectivity index (χ2n) is 4.83. The third kappa shape index (κ3) is 7.57. The van der Waals surface area contributed by atoms with Crippen molar-refractivity contribution in [3.05, 3.63) is 30.3 Å². The molecule has 0 bridgehead atoms. The van der Waals surface area contributed by atoms with Gasteiger partial charge in [-0.15, -0.1) is 24.0 Å². The number of hydrogen-bond donors (Lipinski definition) is 2. The van der Waals surface area contributed by atoms with E-state index in [-0.39, 0.29) is 24.0 Å². The monoisotopic (exact) mass is 390 g/mol. The van der Waals surface area contributed by atoms with Crippen LogP contribution in [0.15, 0.2) is 35.3 Å². The van der Waals surface area contributed by atoms with E-state index in [9.17, 15) is 0 Å².